The van der Waals surface area contributed by atoms with Crippen LogP contribution in [0.15, 0.2) is 23.1 Å². The number of hydrogen-bond donors (Lipinski definition) is 2. The van der Waals surface area contributed by atoms with Crippen LogP contribution in [0, 0.1) is 0 Å². The fourth-order valence-corrected chi connectivity index (χ4v) is 3.60. The number of alkyl halides is 3. The first-order valence-electron chi connectivity index (χ1n) is 10.2. The lowest BCUT2D eigenvalue weighted by Crippen LogP contribution is -2.55. The summed E-state index contributed by atoms with van der Waals surface area (Å²) in [6.07, 6.45) is -2.07. The topological polar surface area (TPSA) is 116 Å². The standard InChI is InChI=1S/C19H22F3N7O3/c1-11(17(31)24-12-2-3-12)27-6-8-28(9-7-27)18(32)13-10-23-29(16(13)19(20,21)22)14-4-5-15(30)26-25-14/h4-5,10-12H,2-3,6-9H2,1H3,(H,24,31)(H,26,30)/t11-/m0/s1. The van der Waals surface area contributed by atoms with E-state index in [4.69, 9.17) is 0 Å². The first-order chi connectivity index (χ1) is 15.1. The van der Waals surface area contributed by atoms with Crippen molar-refractivity contribution in [1.29, 1.82) is 0 Å². The van der Waals surface area contributed by atoms with Gasteiger partial charge in [-0.25, -0.2) is 9.78 Å². The Balaban J connectivity index is 1.49. The predicted octanol–water partition coefficient (Wildman–Crippen LogP) is 0.399. The normalized spacial score (nSPS) is 18.4. The summed E-state index contributed by atoms with van der Waals surface area (Å²) < 4.78 is 41.9. The molecule has 0 spiro atoms. The van der Waals surface area contributed by atoms with Crippen LogP contribution < -0.4 is 10.9 Å². The van der Waals surface area contributed by atoms with Crippen molar-refractivity contribution in [2.24, 2.45) is 0 Å². The van der Waals surface area contributed by atoms with E-state index in [9.17, 15) is 27.6 Å². The van der Waals surface area contributed by atoms with E-state index in [0.717, 1.165) is 31.2 Å². The summed E-state index contributed by atoms with van der Waals surface area (Å²) in [6.45, 7) is 2.86. The summed E-state index contributed by atoms with van der Waals surface area (Å²) in [4.78, 5) is 39.6. The maximum atomic E-state index is 13.8. The number of hydrogen-bond acceptors (Lipinski definition) is 6. The van der Waals surface area contributed by atoms with Crippen LogP contribution in [0.1, 0.15) is 35.8 Å². The molecule has 13 heteroatoms. The largest absolute Gasteiger partial charge is 0.434 e. The van der Waals surface area contributed by atoms with Crippen LogP contribution in [0.3, 0.4) is 0 Å². The first-order valence-corrected chi connectivity index (χ1v) is 10.2. The van der Waals surface area contributed by atoms with Crippen LogP contribution in [-0.2, 0) is 11.0 Å². The molecular weight excluding hydrogens is 431 g/mol. The van der Waals surface area contributed by atoms with Crippen molar-refractivity contribution < 1.29 is 22.8 Å². The summed E-state index contributed by atoms with van der Waals surface area (Å²) in [6, 6.07) is 1.96. The number of halogens is 3. The summed E-state index contributed by atoms with van der Waals surface area (Å²) in [5.74, 6) is -1.15. The number of amides is 2. The van der Waals surface area contributed by atoms with E-state index in [0.29, 0.717) is 17.8 Å². The van der Waals surface area contributed by atoms with Crippen LogP contribution >= 0.6 is 0 Å². The van der Waals surface area contributed by atoms with E-state index < -0.39 is 28.9 Å². The second-order valence-electron chi connectivity index (χ2n) is 7.88. The Morgan fingerprint density at radius 3 is 2.44 bits per heavy atom. The SMILES string of the molecule is C[C@@H](C(=O)NC1CC1)N1CCN(C(=O)c2cnn(-c3ccc(=O)[nH]n3)c2C(F)(F)F)CC1. The van der Waals surface area contributed by atoms with Crippen LogP contribution in [0.5, 0.6) is 0 Å². The fourth-order valence-electron chi connectivity index (χ4n) is 3.60. The van der Waals surface area contributed by atoms with Gasteiger partial charge in [-0.05, 0) is 25.8 Å². The molecule has 1 saturated heterocycles. The molecule has 2 N–H and O–H groups in total. The molecule has 1 atom stereocenters. The van der Waals surface area contributed by atoms with Crippen LogP contribution in [0.4, 0.5) is 13.2 Å². The predicted molar refractivity (Wildman–Crippen MR) is 105 cm³/mol. The zero-order valence-electron chi connectivity index (χ0n) is 17.2. The minimum atomic E-state index is -4.88. The van der Waals surface area contributed by atoms with Gasteiger partial charge >= 0.3 is 6.18 Å². The minimum Gasteiger partial charge on any atom is -0.352 e. The van der Waals surface area contributed by atoms with Gasteiger partial charge in [0.25, 0.3) is 11.5 Å². The molecule has 1 saturated carbocycles. The fraction of sp³-hybridized carbons (Fsp3) is 0.526. The van der Waals surface area contributed by atoms with Crippen molar-refractivity contribution in [3.05, 3.63) is 39.9 Å². The Hall–Kier alpha value is -3.22. The summed E-state index contributed by atoms with van der Waals surface area (Å²) >= 11 is 0. The highest BCUT2D eigenvalue weighted by molar-refractivity contribution is 5.95. The molecule has 2 fully saturated rings. The van der Waals surface area contributed by atoms with Gasteiger partial charge in [0, 0.05) is 38.3 Å². The minimum absolute atomic E-state index is 0.0821. The second-order valence-corrected chi connectivity index (χ2v) is 7.88. The maximum Gasteiger partial charge on any atom is 0.434 e. The van der Waals surface area contributed by atoms with Crippen molar-refractivity contribution in [2.75, 3.05) is 26.2 Å². The first kappa shape index (κ1) is 22.0. The zero-order chi connectivity index (χ0) is 23.0. The molecule has 2 amide bonds. The molecule has 0 aromatic carbocycles. The van der Waals surface area contributed by atoms with Gasteiger partial charge in [0.15, 0.2) is 11.5 Å². The number of piperazine rings is 1. The molecule has 1 aliphatic heterocycles. The van der Waals surface area contributed by atoms with Gasteiger partial charge in [0.1, 0.15) is 0 Å². The highest BCUT2D eigenvalue weighted by Gasteiger charge is 2.42. The van der Waals surface area contributed by atoms with Crippen molar-refractivity contribution in [3.8, 4) is 5.82 Å². The van der Waals surface area contributed by atoms with E-state index in [2.05, 4.69) is 20.6 Å². The van der Waals surface area contributed by atoms with Crippen LogP contribution in [-0.4, -0.2) is 79.9 Å². The Labute approximate surface area is 180 Å². The Morgan fingerprint density at radius 1 is 1.19 bits per heavy atom. The van der Waals surface area contributed by atoms with E-state index in [1.54, 1.807) is 6.92 Å². The molecule has 3 heterocycles. The Bertz CT molecular complexity index is 1050. The van der Waals surface area contributed by atoms with Crippen molar-refractivity contribution in [2.45, 2.75) is 38.0 Å². The smallest absolute Gasteiger partial charge is 0.352 e. The number of aromatic amines is 1. The maximum absolute atomic E-state index is 13.8. The van der Waals surface area contributed by atoms with Crippen molar-refractivity contribution >= 4 is 11.8 Å². The third kappa shape index (κ3) is 4.52. The number of aromatic nitrogens is 4. The lowest BCUT2D eigenvalue weighted by atomic mass is 10.1. The molecule has 0 radical (unpaired) electrons. The van der Waals surface area contributed by atoms with E-state index in [1.165, 1.54) is 4.90 Å². The molecule has 1 aliphatic carbocycles. The molecule has 2 aromatic heterocycles. The molecule has 10 nitrogen and oxygen atoms in total. The van der Waals surface area contributed by atoms with Crippen LogP contribution in [0.25, 0.3) is 5.82 Å². The van der Waals surface area contributed by atoms with E-state index in [-0.39, 0.29) is 36.9 Å². The second kappa shape index (κ2) is 8.37. The lowest BCUT2D eigenvalue weighted by molar-refractivity contribution is -0.143. The number of nitrogens with one attached hydrogen (secondary N) is 2. The summed E-state index contributed by atoms with van der Waals surface area (Å²) in [5, 5.41) is 12.3. The monoisotopic (exact) mass is 453 g/mol. The number of rotatable bonds is 5. The summed E-state index contributed by atoms with van der Waals surface area (Å²) in [7, 11) is 0. The Kier molecular flexibility index (Phi) is 5.75. The van der Waals surface area contributed by atoms with E-state index in [1.807, 2.05) is 4.90 Å². The van der Waals surface area contributed by atoms with Gasteiger partial charge in [-0.2, -0.15) is 23.4 Å². The molecule has 172 valence electrons. The Morgan fingerprint density at radius 2 is 1.88 bits per heavy atom. The molecule has 2 aromatic rings. The van der Waals surface area contributed by atoms with Crippen LogP contribution in [0.2, 0.25) is 0 Å². The number of carbonyl (C=O) groups excluding carboxylic acids is 2. The van der Waals surface area contributed by atoms with Gasteiger partial charge < -0.3 is 10.2 Å². The van der Waals surface area contributed by atoms with Gasteiger partial charge in [-0.3, -0.25) is 19.3 Å². The third-order valence-corrected chi connectivity index (χ3v) is 5.60. The average molecular weight is 453 g/mol. The number of H-pyrrole nitrogens is 1. The number of carbonyl (C=O) groups is 2. The van der Waals surface area contributed by atoms with E-state index >= 15 is 0 Å². The highest BCUT2D eigenvalue weighted by Crippen LogP contribution is 2.34. The average Bonchev–Trinajstić information content (AvgIpc) is 3.45. The highest BCUT2D eigenvalue weighted by atomic mass is 19.4. The molecule has 0 unspecified atom stereocenters. The summed E-state index contributed by atoms with van der Waals surface area (Å²) in [5.41, 5.74) is -2.44. The van der Waals surface area contributed by atoms with Gasteiger partial charge in [-0.15, -0.1) is 0 Å². The van der Waals surface area contributed by atoms with Gasteiger partial charge in [0.2, 0.25) is 5.91 Å². The third-order valence-electron chi connectivity index (χ3n) is 5.60. The molecule has 32 heavy (non-hydrogen) atoms. The van der Waals surface area contributed by atoms with Crippen molar-refractivity contribution in [3.63, 3.8) is 0 Å². The zero-order valence-corrected chi connectivity index (χ0v) is 17.2. The molecular formula is C19H22F3N7O3. The number of nitrogens with zero attached hydrogens (tertiary/aromatic N) is 5. The molecule has 2 aliphatic rings. The quantitative estimate of drug-likeness (QED) is 0.677. The van der Waals surface area contributed by atoms with Gasteiger partial charge in [0.05, 0.1) is 17.8 Å². The molecule has 0 bridgehead atoms. The van der Waals surface area contributed by atoms with Gasteiger partial charge in [-0.1, -0.05) is 0 Å². The lowest BCUT2D eigenvalue weighted by Gasteiger charge is -2.37. The van der Waals surface area contributed by atoms with Crippen molar-refractivity contribution in [1.82, 2.24) is 35.1 Å². The molecule has 4 rings (SSSR count).